The standard InChI is InChI=1S/C17H15N3O4/c1-22-14-9-7-13(8-10-14)18-17-20-19-15(24-17)11-3-5-12(6-4-11)16(21)23-2/h3-10H,1-2H3,(H,18,20). The second-order valence-electron chi connectivity index (χ2n) is 4.83. The zero-order valence-electron chi connectivity index (χ0n) is 13.1. The summed E-state index contributed by atoms with van der Waals surface area (Å²) in [5.74, 6) is 0.717. The van der Waals surface area contributed by atoms with Gasteiger partial charge in [0.05, 0.1) is 19.8 Å². The number of carbonyl (C=O) groups is 1. The second kappa shape index (κ2) is 6.82. The van der Waals surface area contributed by atoms with Crippen LogP contribution in [0.25, 0.3) is 11.5 Å². The SMILES string of the molecule is COC(=O)c1ccc(-c2nnc(Nc3ccc(OC)cc3)o2)cc1. The monoisotopic (exact) mass is 325 g/mol. The first-order valence-electron chi connectivity index (χ1n) is 7.13. The molecule has 1 aromatic heterocycles. The fraction of sp³-hybridized carbons (Fsp3) is 0.118. The van der Waals surface area contributed by atoms with Crippen molar-refractivity contribution in [2.24, 2.45) is 0 Å². The summed E-state index contributed by atoms with van der Waals surface area (Å²) < 4.78 is 15.3. The van der Waals surface area contributed by atoms with Crippen molar-refractivity contribution in [2.75, 3.05) is 19.5 Å². The van der Waals surface area contributed by atoms with E-state index < -0.39 is 5.97 Å². The molecule has 24 heavy (non-hydrogen) atoms. The first-order valence-corrected chi connectivity index (χ1v) is 7.13. The van der Waals surface area contributed by atoms with E-state index in [4.69, 9.17) is 9.15 Å². The minimum atomic E-state index is -0.394. The number of esters is 1. The molecule has 0 aliphatic rings. The first-order chi connectivity index (χ1) is 11.7. The largest absolute Gasteiger partial charge is 0.497 e. The van der Waals surface area contributed by atoms with Crippen molar-refractivity contribution in [3.8, 4) is 17.2 Å². The molecule has 1 heterocycles. The maximum absolute atomic E-state index is 11.4. The summed E-state index contributed by atoms with van der Waals surface area (Å²) in [6, 6.07) is 14.3. The van der Waals surface area contributed by atoms with Gasteiger partial charge in [-0.3, -0.25) is 0 Å². The van der Waals surface area contributed by atoms with Gasteiger partial charge < -0.3 is 19.2 Å². The van der Waals surface area contributed by atoms with E-state index >= 15 is 0 Å². The lowest BCUT2D eigenvalue weighted by atomic mass is 10.1. The number of benzene rings is 2. The van der Waals surface area contributed by atoms with E-state index in [2.05, 4.69) is 20.3 Å². The Balaban J connectivity index is 1.73. The van der Waals surface area contributed by atoms with Gasteiger partial charge in [0, 0.05) is 11.3 Å². The van der Waals surface area contributed by atoms with Gasteiger partial charge in [-0.25, -0.2) is 4.79 Å². The van der Waals surface area contributed by atoms with Crippen LogP contribution in [0.5, 0.6) is 5.75 Å². The highest BCUT2D eigenvalue weighted by Gasteiger charge is 2.11. The van der Waals surface area contributed by atoms with E-state index in [-0.39, 0.29) is 6.01 Å². The molecule has 7 heteroatoms. The molecule has 0 aliphatic heterocycles. The van der Waals surface area contributed by atoms with E-state index in [1.165, 1.54) is 7.11 Å². The third-order valence-corrected chi connectivity index (χ3v) is 3.32. The Bertz CT molecular complexity index is 826. The molecule has 0 saturated heterocycles. The molecule has 1 N–H and O–H groups in total. The summed E-state index contributed by atoms with van der Waals surface area (Å²) in [7, 11) is 2.95. The van der Waals surface area contributed by atoms with Crippen LogP contribution in [0.4, 0.5) is 11.7 Å². The average Bonchev–Trinajstić information content (AvgIpc) is 3.10. The van der Waals surface area contributed by atoms with Crippen LogP contribution >= 0.6 is 0 Å². The van der Waals surface area contributed by atoms with E-state index in [9.17, 15) is 4.79 Å². The van der Waals surface area contributed by atoms with Gasteiger partial charge in [-0.05, 0) is 48.5 Å². The van der Waals surface area contributed by atoms with Crippen molar-refractivity contribution in [1.82, 2.24) is 10.2 Å². The second-order valence-corrected chi connectivity index (χ2v) is 4.83. The molecule has 0 saturated carbocycles. The fourth-order valence-electron chi connectivity index (χ4n) is 2.05. The van der Waals surface area contributed by atoms with E-state index in [0.29, 0.717) is 17.0 Å². The average molecular weight is 325 g/mol. The first kappa shape index (κ1) is 15.5. The molecule has 0 aliphatic carbocycles. The van der Waals surface area contributed by atoms with Gasteiger partial charge in [-0.1, -0.05) is 5.10 Å². The minimum Gasteiger partial charge on any atom is -0.497 e. The van der Waals surface area contributed by atoms with Crippen molar-refractivity contribution in [3.63, 3.8) is 0 Å². The van der Waals surface area contributed by atoms with Crippen molar-refractivity contribution in [1.29, 1.82) is 0 Å². The Morgan fingerprint density at radius 1 is 1.00 bits per heavy atom. The van der Waals surface area contributed by atoms with Gasteiger partial charge in [0.15, 0.2) is 0 Å². The maximum Gasteiger partial charge on any atom is 0.337 e. The molecule has 7 nitrogen and oxygen atoms in total. The van der Waals surface area contributed by atoms with Crippen molar-refractivity contribution in [2.45, 2.75) is 0 Å². The summed E-state index contributed by atoms with van der Waals surface area (Å²) in [4.78, 5) is 11.4. The van der Waals surface area contributed by atoms with Crippen LogP contribution in [0, 0.1) is 0 Å². The summed E-state index contributed by atoms with van der Waals surface area (Å²) in [5, 5.41) is 11.0. The Morgan fingerprint density at radius 3 is 2.33 bits per heavy atom. The van der Waals surface area contributed by atoms with Crippen LogP contribution in [0.2, 0.25) is 0 Å². The number of nitrogens with zero attached hydrogens (tertiary/aromatic N) is 2. The Morgan fingerprint density at radius 2 is 1.71 bits per heavy atom. The highest BCUT2D eigenvalue weighted by Crippen LogP contribution is 2.23. The van der Waals surface area contributed by atoms with E-state index in [1.54, 1.807) is 31.4 Å². The number of hydrogen-bond donors (Lipinski definition) is 1. The maximum atomic E-state index is 11.4. The lowest BCUT2D eigenvalue weighted by Gasteiger charge is -2.03. The van der Waals surface area contributed by atoms with Gasteiger partial charge in [0.2, 0.25) is 5.89 Å². The lowest BCUT2D eigenvalue weighted by molar-refractivity contribution is 0.0600. The number of rotatable bonds is 5. The fourth-order valence-corrected chi connectivity index (χ4v) is 2.05. The zero-order chi connectivity index (χ0) is 16.9. The molecular weight excluding hydrogens is 310 g/mol. The molecule has 0 fully saturated rings. The highest BCUT2D eigenvalue weighted by atomic mass is 16.5. The molecule has 0 atom stereocenters. The van der Waals surface area contributed by atoms with Crippen LogP contribution in [-0.4, -0.2) is 30.4 Å². The molecule has 2 aromatic carbocycles. The van der Waals surface area contributed by atoms with E-state index in [1.807, 2.05) is 24.3 Å². The molecule has 122 valence electrons. The number of nitrogens with one attached hydrogen (secondary N) is 1. The molecule has 0 spiro atoms. The van der Waals surface area contributed by atoms with Crippen molar-refractivity contribution < 1.29 is 18.7 Å². The van der Waals surface area contributed by atoms with Crippen LogP contribution < -0.4 is 10.1 Å². The Kier molecular flexibility index (Phi) is 4.42. The zero-order valence-corrected chi connectivity index (χ0v) is 13.1. The summed E-state index contributed by atoms with van der Waals surface area (Å²) in [5.41, 5.74) is 1.96. The molecule has 0 unspecified atom stereocenters. The molecular formula is C17H15N3O4. The quantitative estimate of drug-likeness (QED) is 0.720. The van der Waals surface area contributed by atoms with Crippen LogP contribution in [0.15, 0.2) is 52.9 Å². The normalized spacial score (nSPS) is 10.2. The third kappa shape index (κ3) is 3.35. The topological polar surface area (TPSA) is 86.5 Å². The minimum absolute atomic E-state index is 0.271. The summed E-state index contributed by atoms with van der Waals surface area (Å²) in [6.07, 6.45) is 0. The summed E-state index contributed by atoms with van der Waals surface area (Å²) in [6.45, 7) is 0. The van der Waals surface area contributed by atoms with Gasteiger partial charge in [0.1, 0.15) is 5.75 Å². The van der Waals surface area contributed by atoms with Gasteiger partial charge in [0.25, 0.3) is 0 Å². The molecule has 0 radical (unpaired) electrons. The van der Waals surface area contributed by atoms with Crippen molar-refractivity contribution >= 4 is 17.7 Å². The van der Waals surface area contributed by atoms with Gasteiger partial charge >= 0.3 is 12.0 Å². The Labute approximate surface area is 138 Å². The van der Waals surface area contributed by atoms with Crippen LogP contribution in [0.3, 0.4) is 0 Å². The number of methoxy groups -OCH3 is 2. The lowest BCUT2D eigenvalue weighted by Crippen LogP contribution is -2.00. The number of carbonyl (C=O) groups excluding carboxylic acids is 1. The van der Waals surface area contributed by atoms with Crippen LogP contribution in [-0.2, 0) is 4.74 Å². The smallest absolute Gasteiger partial charge is 0.337 e. The molecule has 0 bridgehead atoms. The summed E-state index contributed by atoms with van der Waals surface area (Å²) >= 11 is 0. The number of aromatic nitrogens is 2. The van der Waals surface area contributed by atoms with Gasteiger partial charge in [-0.15, -0.1) is 5.10 Å². The Hall–Kier alpha value is -3.35. The third-order valence-electron chi connectivity index (χ3n) is 3.32. The predicted octanol–water partition coefficient (Wildman–Crippen LogP) is 3.28. The van der Waals surface area contributed by atoms with Crippen LogP contribution in [0.1, 0.15) is 10.4 Å². The van der Waals surface area contributed by atoms with Gasteiger partial charge in [-0.2, -0.15) is 0 Å². The number of anilines is 2. The van der Waals surface area contributed by atoms with Crippen molar-refractivity contribution in [3.05, 3.63) is 54.1 Å². The molecule has 3 aromatic rings. The highest BCUT2D eigenvalue weighted by molar-refractivity contribution is 5.89. The predicted molar refractivity (Wildman–Crippen MR) is 87.4 cm³/mol. The van der Waals surface area contributed by atoms with E-state index in [0.717, 1.165) is 11.4 Å². The number of hydrogen-bond acceptors (Lipinski definition) is 7. The molecule has 3 rings (SSSR count). The number of ether oxygens (including phenoxy) is 2. The molecule has 0 amide bonds.